The van der Waals surface area contributed by atoms with E-state index in [-0.39, 0.29) is 0 Å². The first-order chi connectivity index (χ1) is 8.33. The van der Waals surface area contributed by atoms with E-state index >= 15 is 0 Å². The van der Waals surface area contributed by atoms with Gasteiger partial charge in [-0.15, -0.1) is 0 Å². The van der Waals surface area contributed by atoms with Crippen molar-refractivity contribution in [3.63, 3.8) is 0 Å². The lowest BCUT2D eigenvalue weighted by Crippen LogP contribution is -2.27. The van der Waals surface area contributed by atoms with Gasteiger partial charge >= 0.3 is 0 Å². The molecule has 4 heteroatoms. The summed E-state index contributed by atoms with van der Waals surface area (Å²) in [5.74, 6) is 0. The molecule has 2 rings (SSSR count). The summed E-state index contributed by atoms with van der Waals surface area (Å²) in [4.78, 5) is 6.98. The molecule has 0 N–H and O–H groups in total. The van der Waals surface area contributed by atoms with Gasteiger partial charge in [-0.1, -0.05) is 58.0 Å². The van der Waals surface area contributed by atoms with Crippen molar-refractivity contribution in [3.8, 4) is 0 Å². The van der Waals surface area contributed by atoms with Crippen LogP contribution in [-0.2, 0) is 6.54 Å². The zero-order chi connectivity index (χ0) is 12.1. The van der Waals surface area contributed by atoms with E-state index in [4.69, 9.17) is 0 Å². The standard InChI is InChI=1S/C13H17BrN2S/c1-2-16(10-11-6-4-3-5-7-11)13-15-9-12(8-14)17-13/h3-7,12H,2,8-10H2,1H3. The molecule has 1 atom stereocenters. The Balaban J connectivity index is 1.98. The predicted octanol–water partition coefficient (Wildman–Crippen LogP) is 3.37. The molecule has 1 aromatic rings. The fraction of sp³-hybridized carbons (Fsp3) is 0.462. The summed E-state index contributed by atoms with van der Waals surface area (Å²) in [6, 6.07) is 10.6. The van der Waals surface area contributed by atoms with Crippen LogP contribution in [0, 0.1) is 0 Å². The minimum Gasteiger partial charge on any atom is -0.347 e. The summed E-state index contributed by atoms with van der Waals surface area (Å²) in [6.07, 6.45) is 0. The zero-order valence-corrected chi connectivity index (χ0v) is 12.4. The first-order valence-electron chi connectivity index (χ1n) is 5.89. The van der Waals surface area contributed by atoms with E-state index in [1.807, 2.05) is 11.8 Å². The van der Waals surface area contributed by atoms with Gasteiger partial charge in [0, 0.05) is 23.7 Å². The Kier molecular flexibility index (Phi) is 4.92. The molecule has 0 saturated carbocycles. The molecule has 1 unspecified atom stereocenters. The summed E-state index contributed by atoms with van der Waals surface area (Å²) in [5, 5.41) is 2.82. The van der Waals surface area contributed by atoms with Crippen LogP contribution in [-0.4, -0.2) is 33.7 Å². The van der Waals surface area contributed by atoms with Gasteiger partial charge < -0.3 is 4.90 Å². The smallest absolute Gasteiger partial charge is 0.159 e. The molecular weight excluding hydrogens is 296 g/mol. The van der Waals surface area contributed by atoms with Crippen LogP contribution in [0.25, 0.3) is 0 Å². The normalized spacial score (nSPS) is 19.2. The molecule has 0 fully saturated rings. The number of alkyl halides is 1. The van der Waals surface area contributed by atoms with Crippen LogP contribution >= 0.6 is 27.7 Å². The Hall–Kier alpha value is -0.480. The van der Waals surface area contributed by atoms with E-state index in [1.54, 1.807) is 0 Å². The van der Waals surface area contributed by atoms with Crippen molar-refractivity contribution < 1.29 is 0 Å². The minimum atomic E-state index is 0.606. The molecule has 1 heterocycles. The molecule has 0 bridgehead atoms. The molecule has 92 valence electrons. The highest BCUT2D eigenvalue weighted by atomic mass is 79.9. The van der Waals surface area contributed by atoms with Crippen molar-refractivity contribution in [2.75, 3.05) is 18.4 Å². The van der Waals surface area contributed by atoms with E-state index < -0.39 is 0 Å². The second-order valence-corrected chi connectivity index (χ2v) is 5.93. The van der Waals surface area contributed by atoms with Crippen molar-refractivity contribution in [3.05, 3.63) is 35.9 Å². The zero-order valence-electron chi connectivity index (χ0n) is 9.97. The summed E-state index contributed by atoms with van der Waals surface area (Å²) in [5.41, 5.74) is 1.35. The van der Waals surface area contributed by atoms with Crippen LogP contribution in [0.1, 0.15) is 12.5 Å². The molecule has 1 aromatic carbocycles. The lowest BCUT2D eigenvalue weighted by Gasteiger charge is -2.22. The number of thioether (sulfide) groups is 1. The van der Waals surface area contributed by atoms with Gasteiger partial charge in [-0.25, -0.2) is 0 Å². The van der Waals surface area contributed by atoms with E-state index in [9.17, 15) is 0 Å². The largest absolute Gasteiger partial charge is 0.347 e. The minimum absolute atomic E-state index is 0.606. The van der Waals surface area contributed by atoms with Crippen molar-refractivity contribution >= 4 is 32.9 Å². The molecule has 0 amide bonds. The maximum atomic E-state index is 4.63. The maximum Gasteiger partial charge on any atom is 0.159 e. The van der Waals surface area contributed by atoms with Gasteiger partial charge in [-0.2, -0.15) is 0 Å². The fourth-order valence-electron chi connectivity index (χ4n) is 1.78. The highest BCUT2D eigenvalue weighted by Crippen LogP contribution is 2.25. The molecule has 1 aliphatic rings. The molecule has 0 aliphatic carbocycles. The summed E-state index contributed by atoms with van der Waals surface area (Å²) >= 11 is 5.42. The molecule has 0 aromatic heterocycles. The van der Waals surface area contributed by atoms with Crippen LogP contribution in [0.2, 0.25) is 0 Å². The Morgan fingerprint density at radius 2 is 2.18 bits per heavy atom. The van der Waals surface area contributed by atoms with E-state index in [1.165, 1.54) is 10.7 Å². The van der Waals surface area contributed by atoms with Crippen LogP contribution < -0.4 is 0 Å². The van der Waals surface area contributed by atoms with Crippen molar-refractivity contribution in [2.45, 2.75) is 18.7 Å². The SMILES string of the molecule is CCN(Cc1ccccc1)C1=NCC(CBr)S1. The van der Waals surface area contributed by atoms with Crippen LogP contribution in [0.3, 0.4) is 0 Å². The highest BCUT2D eigenvalue weighted by molar-refractivity contribution is 9.09. The predicted molar refractivity (Wildman–Crippen MR) is 80.0 cm³/mol. The third-order valence-corrected chi connectivity index (χ3v) is 5.20. The monoisotopic (exact) mass is 312 g/mol. The van der Waals surface area contributed by atoms with Gasteiger partial charge in [-0.3, -0.25) is 4.99 Å². The average Bonchev–Trinajstić information content (AvgIpc) is 2.86. The lowest BCUT2D eigenvalue weighted by molar-refractivity contribution is 0.444. The topological polar surface area (TPSA) is 15.6 Å². The van der Waals surface area contributed by atoms with E-state index in [2.05, 4.69) is 63.1 Å². The molecule has 0 radical (unpaired) electrons. The van der Waals surface area contributed by atoms with Gasteiger partial charge in [0.2, 0.25) is 0 Å². The molecule has 0 spiro atoms. The molecule has 17 heavy (non-hydrogen) atoms. The van der Waals surface area contributed by atoms with Crippen LogP contribution in [0.4, 0.5) is 0 Å². The van der Waals surface area contributed by atoms with E-state index in [0.717, 1.165) is 25.0 Å². The number of hydrogen-bond acceptors (Lipinski definition) is 3. The quantitative estimate of drug-likeness (QED) is 0.792. The first-order valence-corrected chi connectivity index (χ1v) is 7.89. The second kappa shape index (κ2) is 6.45. The number of aliphatic imine (C=N–C) groups is 1. The van der Waals surface area contributed by atoms with Crippen molar-refractivity contribution in [1.82, 2.24) is 4.90 Å². The second-order valence-electron chi connectivity index (χ2n) is 4.02. The van der Waals surface area contributed by atoms with Gasteiger partial charge in [0.1, 0.15) is 0 Å². The number of hydrogen-bond donors (Lipinski definition) is 0. The Bertz CT molecular complexity index is 380. The Labute approximate surface area is 116 Å². The number of rotatable bonds is 4. The lowest BCUT2D eigenvalue weighted by atomic mass is 10.2. The van der Waals surface area contributed by atoms with Crippen LogP contribution in [0.5, 0.6) is 0 Å². The third kappa shape index (κ3) is 3.49. The number of amidine groups is 1. The Morgan fingerprint density at radius 3 is 2.76 bits per heavy atom. The average molecular weight is 313 g/mol. The van der Waals surface area contributed by atoms with Gasteiger partial charge in [0.05, 0.1) is 6.54 Å². The first kappa shape index (κ1) is 13.0. The Morgan fingerprint density at radius 1 is 1.41 bits per heavy atom. The molecule has 0 saturated heterocycles. The van der Waals surface area contributed by atoms with E-state index in [0.29, 0.717) is 5.25 Å². The molecule has 1 aliphatic heterocycles. The van der Waals surface area contributed by atoms with Gasteiger partial charge in [-0.05, 0) is 12.5 Å². The van der Waals surface area contributed by atoms with Crippen LogP contribution in [0.15, 0.2) is 35.3 Å². The summed E-state index contributed by atoms with van der Waals surface area (Å²) < 4.78 is 0. The van der Waals surface area contributed by atoms with Crippen molar-refractivity contribution in [1.29, 1.82) is 0 Å². The maximum absolute atomic E-state index is 4.63. The van der Waals surface area contributed by atoms with Gasteiger partial charge in [0.15, 0.2) is 5.17 Å². The molecular formula is C13H17BrN2S. The number of halogens is 1. The van der Waals surface area contributed by atoms with Crippen molar-refractivity contribution in [2.24, 2.45) is 4.99 Å². The van der Waals surface area contributed by atoms with Gasteiger partial charge in [0.25, 0.3) is 0 Å². The molecule has 2 nitrogen and oxygen atoms in total. The number of benzene rings is 1. The summed E-state index contributed by atoms with van der Waals surface area (Å²) in [7, 11) is 0. The summed E-state index contributed by atoms with van der Waals surface area (Å²) in [6.45, 7) is 5.10. The number of nitrogens with zero attached hydrogens (tertiary/aromatic N) is 2. The highest BCUT2D eigenvalue weighted by Gasteiger charge is 2.22. The fourth-order valence-corrected chi connectivity index (χ4v) is 3.38. The third-order valence-electron chi connectivity index (χ3n) is 2.74.